The van der Waals surface area contributed by atoms with Gasteiger partial charge in [-0.15, -0.1) is 0 Å². The average Bonchev–Trinajstić information content (AvgIpc) is 2.42. The molecule has 0 radical (unpaired) electrons. The number of rotatable bonds is 7. The molecule has 102 valence electrons. The number of anilines is 1. The highest BCUT2D eigenvalue weighted by atomic mass is 16.5. The van der Waals surface area contributed by atoms with E-state index < -0.39 is 0 Å². The molecule has 0 atom stereocenters. The van der Waals surface area contributed by atoms with Gasteiger partial charge in [-0.2, -0.15) is 0 Å². The quantitative estimate of drug-likeness (QED) is 0.751. The van der Waals surface area contributed by atoms with Gasteiger partial charge in [-0.1, -0.05) is 0 Å². The molecule has 6 heteroatoms. The summed E-state index contributed by atoms with van der Waals surface area (Å²) in [4.78, 5) is 14.8. The van der Waals surface area contributed by atoms with Crippen LogP contribution in [0.5, 0.6) is 0 Å². The molecule has 19 heavy (non-hydrogen) atoms. The van der Waals surface area contributed by atoms with Crippen molar-refractivity contribution < 1.29 is 4.74 Å². The first kappa shape index (κ1) is 13.6. The van der Waals surface area contributed by atoms with E-state index in [-0.39, 0.29) is 0 Å². The molecule has 0 aliphatic carbocycles. The molecular weight excluding hydrogens is 242 g/mol. The van der Waals surface area contributed by atoms with Crippen LogP contribution in [-0.2, 0) is 4.74 Å². The minimum Gasteiger partial charge on any atom is -0.378 e. The van der Waals surface area contributed by atoms with E-state index in [0.29, 0.717) is 12.3 Å². The summed E-state index contributed by atoms with van der Waals surface area (Å²) in [7, 11) is 4.06. The number of hydrogen-bond acceptors (Lipinski definition) is 6. The summed E-state index contributed by atoms with van der Waals surface area (Å²) >= 11 is 0. The molecular formula is C13H19N5O. The van der Waals surface area contributed by atoms with Gasteiger partial charge in [-0.3, -0.25) is 4.98 Å². The van der Waals surface area contributed by atoms with E-state index in [4.69, 9.17) is 4.74 Å². The van der Waals surface area contributed by atoms with Crippen LogP contribution in [0, 0.1) is 0 Å². The van der Waals surface area contributed by atoms with Crippen molar-refractivity contribution in [2.24, 2.45) is 0 Å². The van der Waals surface area contributed by atoms with Crippen LogP contribution in [0.4, 0.5) is 5.82 Å². The zero-order valence-corrected chi connectivity index (χ0v) is 11.3. The first-order valence-electron chi connectivity index (χ1n) is 6.30. The Morgan fingerprint density at radius 2 is 2.00 bits per heavy atom. The van der Waals surface area contributed by atoms with Crippen molar-refractivity contribution in [3.63, 3.8) is 0 Å². The molecule has 0 aliphatic rings. The summed E-state index contributed by atoms with van der Waals surface area (Å²) in [5.41, 5.74) is 1.45. The van der Waals surface area contributed by atoms with E-state index in [1.54, 1.807) is 12.4 Å². The van der Waals surface area contributed by atoms with Gasteiger partial charge in [0.25, 0.3) is 0 Å². The fourth-order valence-corrected chi connectivity index (χ4v) is 1.55. The van der Waals surface area contributed by atoms with E-state index in [1.165, 1.54) is 0 Å². The maximum absolute atomic E-state index is 5.49. The first-order chi connectivity index (χ1) is 9.25. The van der Waals surface area contributed by atoms with Gasteiger partial charge in [-0.05, 0) is 26.2 Å². The molecule has 2 heterocycles. The van der Waals surface area contributed by atoms with Crippen LogP contribution in [0.25, 0.3) is 11.2 Å². The van der Waals surface area contributed by atoms with Crippen LogP contribution in [-0.4, -0.2) is 60.3 Å². The van der Waals surface area contributed by atoms with Gasteiger partial charge in [0.15, 0.2) is 5.65 Å². The van der Waals surface area contributed by atoms with Crippen LogP contribution in [0.3, 0.4) is 0 Å². The van der Waals surface area contributed by atoms with E-state index in [2.05, 4.69) is 25.2 Å². The highest BCUT2D eigenvalue weighted by Gasteiger charge is 1.99. The fraction of sp³-hybridized carbons (Fsp3) is 0.462. The maximum Gasteiger partial charge on any atom is 0.180 e. The highest BCUT2D eigenvalue weighted by Crippen LogP contribution is 2.09. The topological polar surface area (TPSA) is 63.2 Å². The molecule has 0 saturated heterocycles. The number of nitrogens with one attached hydrogen (secondary N) is 1. The van der Waals surface area contributed by atoms with Gasteiger partial charge in [0, 0.05) is 25.5 Å². The number of nitrogens with zero attached hydrogens (tertiary/aromatic N) is 4. The van der Waals surface area contributed by atoms with Gasteiger partial charge in [0.05, 0.1) is 13.2 Å². The van der Waals surface area contributed by atoms with Crippen LogP contribution in [0.2, 0.25) is 0 Å². The third kappa shape index (κ3) is 4.42. The van der Waals surface area contributed by atoms with Gasteiger partial charge in [0.1, 0.15) is 11.3 Å². The second kappa shape index (κ2) is 6.96. The molecule has 0 unspecified atom stereocenters. The van der Waals surface area contributed by atoms with Gasteiger partial charge < -0.3 is 15.0 Å². The number of likely N-dealkylation sites (N-methyl/N-ethyl adjacent to an activating group) is 1. The summed E-state index contributed by atoms with van der Waals surface area (Å²) in [5, 5.41) is 3.21. The van der Waals surface area contributed by atoms with Crippen LogP contribution < -0.4 is 5.32 Å². The lowest BCUT2D eigenvalue weighted by Gasteiger charge is -2.10. The molecule has 0 bridgehead atoms. The third-order valence-corrected chi connectivity index (χ3v) is 2.57. The number of pyridine rings is 1. The van der Waals surface area contributed by atoms with Gasteiger partial charge in [0.2, 0.25) is 0 Å². The summed E-state index contributed by atoms with van der Waals surface area (Å²) < 4.78 is 5.49. The Kier molecular flexibility index (Phi) is 5.00. The lowest BCUT2D eigenvalue weighted by molar-refractivity contribution is 0.126. The average molecular weight is 261 g/mol. The Morgan fingerprint density at radius 3 is 2.84 bits per heavy atom. The molecule has 0 saturated carbocycles. The molecule has 2 aromatic rings. The third-order valence-electron chi connectivity index (χ3n) is 2.57. The molecule has 0 spiro atoms. The number of aromatic nitrogens is 3. The van der Waals surface area contributed by atoms with Crippen molar-refractivity contribution in [2.45, 2.75) is 0 Å². The zero-order chi connectivity index (χ0) is 13.5. The SMILES string of the molecule is CN(C)CCOCCNc1ccc2nccnc2n1. The maximum atomic E-state index is 5.49. The highest BCUT2D eigenvalue weighted by molar-refractivity contribution is 5.71. The summed E-state index contributed by atoms with van der Waals surface area (Å²) in [6.45, 7) is 3.06. The van der Waals surface area contributed by atoms with Crippen LogP contribution in [0.1, 0.15) is 0 Å². The number of fused-ring (bicyclic) bond motifs is 1. The van der Waals surface area contributed by atoms with Gasteiger partial charge >= 0.3 is 0 Å². The zero-order valence-electron chi connectivity index (χ0n) is 11.3. The molecule has 0 aliphatic heterocycles. The summed E-state index contributed by atoms with van der Waals surface area (Å²) in [6, 6.07) is 3.81. The predicted octanol–water partition coefficient (Wildman–Crippen LogP) is 1.01. The van der Waals surface area contributed by atoms with Crippen LogP contribution >= 0.6 is 0 Å². The Bertz CT molecular complexity index is 517. The van der Waals surface area contributed by atoms with Crippen molar-refractivity contribution >= 4 is 17.0 Å². The Morgan fingerprint density at radius 1 is 1.16 bits per heavy atom. The van der Waals surface area contributed by atoms with Gasteiger partial charge in [-0.25, -0.2) is 9.97 Å². The molecule has 2 aromatic heterocycles. The van der Waals surface area contributed by atoms with E-state index in [1.807, 2.05) is 26.2 Å². The predicted molar refractivity (Wildman–Crippen MR) is 75.2 cm³/mol. The van der Waals surface area contributed by atoms with Crippen molar-refractivity contribution in [3.8, 4) is 0 Å². The smallest absolute Gasteiger partial charge is 0.180 e. The molecule has 0 amide bonds. The lowest BCUT2D eigenvalue weighted by Crippen LogP contribution is -2.20. The first-order valence-corrected chi connectivity index (χ1v) is 6.30. The van der Waals surface area contributed by atoms with Crippen molar-refractivity contribution in [2.75, 3.05) is 45.7 Å². The lowest BCUT2D eigenvalue weighted by atomic mass is 10.4. The molecule has 2 rings (SSSR count). The second-order valence-electron chi connectivity index (χ2n) is 4.44. The minimum absolute atomic E-state index is 0.654. The number of hydrogen-bond donors (Lipinski definition) is 1. The standard InChI is InChI=1S/C13H19N5O/c1-18(2)8-10-19-9-7-15-12-4-3-11-13(17-12)16-6-5-14-11/h3-6H,7-10H2,1-2H3,(H,15,16,17). The van der Waals surface area contributed by atoms with Crippen molar-refractivity contribution in [1.82, 2.24) is 19.9 Å². The Labute approximate surface area is 112 Å². The Balaban J connectivity index is 1.75. The fourth-order valence-electron chi connectivity index (χ4n) is 1.55. The molecule has 1 N–H and O–H groups in total. The van der Waals surface area contributed by atoms with Crippen molar-refractivity contribution in [3.05, 3.63) is 24.5 Å². The summed E-state index contributed by atoms with van der Waals surface area (Å²) in [6.07, 6.45) is 3.30. The molecule has 6 nitrogen and oxygen atoms in total. The Hall–Kier alpha value is -1.79. The minimum atomic E-state index is 0.654. The normalized spacial score (nSPS) is 11.1. The largest absolute Gasteiger partial charge is 0.378 e. The van der Waals surface area contributed by atoms with Crippen LogP contribution in [0.15, 0.2) is 24.5 Å². The number of ether oxygens (including phenoxy) is 1. The molecule has 0 fully saturated rings. The van der Waals surface area contributed by atoms with E-state index in [9.17, 15) is 0 Å². The summed E-state index contributed by atoms with van der Waals surface area (Å²) in [5.74, 6) is 0.796. The van der Waals surface area contributed by atoms with E-state index >= 15 is 0 Å². The second-order valence-corrected chi connectivity index (χ2v) is 4.44. The monoisotopic (exact) mass is 261 g/mol. The molecule has 0 aromatic carbocycles. The van der Waals surface area contributed by atoms with E-state index in [0.717, 1.165) is 31.0 Å². The van der Waals surface area contributed by atoms with Crippen molar-refractivity contribution in [1.29, 1.82) is 0 Å².